The Morgan fingerprint density at radius 1 is 1.33 bits per heavy atom. The SMILES string of the molecule is Cc1ccc2nc(N)n(CCc3ccsc3)c2c1. The highest BCUT2D eigenvalue weighted by atomic mass is 32.1. The summed E-state index contributed by atoms with van der Waals surface area (Å²) in [6.45, 7) is 2.97. The number of imidazole rings is 1. The largest absolute Gasteiger partial charge is 0.369 e. The molecule has 4 heteroatoms. The second-order valence-corrected chi connectivity index (χ2v) is 5.28. The molecule has 3 nitrogen and oxygen atoms in total. The number of anilines is 1. The van der Waals surface area contributed by atoms with Gasteiger partial charge in [0.1, 0.15) is 0 Å². The maximum Gasteiger partial charge on any atom is 0.201 e. The minimum atomic E-state index is 0.603. The van der Waals surface area contributed by atoms with Crippen LogP contribution in [0.2, 0.25) is 0 Å². The summed E-state index contributed by atoms with van der Waals surface area (Å²) in [7, 11) is 0. The van der Waals surface area contributed by atoms with Gasteiger partial charge in [0.25, 0.3) is 0 Å². The number of hydrogen-bond acceptors (Lipinski definition) is 3. The molecule has 3 rings (SSSR count). The van der Waals surface area contributed by atoms with Crippen molar-refractivity contribution in [1.29, 1.82) is 0 Å². The number of thiophene rings is 1. The van der Waals surface area contributed by atoms with E-state index in [4.69, 9.17) is 5.73 Å². The summed E-state index contributed by atoms with van der Waals surface area (Å²) < 4.78 is 2.10. The molecule has 0 amide bonds. The minimum Gasteiger partial charge on any atom is -0.369 e. The maximum atomic E-state index is 6.00. The van der Waals surface area contributed by atoms with Gasteiger partial charge in [-0.3, -0.25) is 0 Å². The number of hydrogen-bond donors (Lipinski definition) is 1. The predicted octanol–water partition coefficient (Wildman–Crippen LogP) is 3.23. The maximum absolute atomic E-state index is 6.00. The van der Waals surface area contributed by atoms with Crippen molar-refractivity contribution in [2.75, 3.05) is 5.73 Å². The fourth-order valence-electron chi connectivity index (χ4n) is 2.16. The van der Waals surface area contributed by atoms with Crippen LogP contribution in [0.1, 0.15) is 11.1 Å². The highest BCUT2D eigenvalue weighted by molar-refractivity contribution is 7.07. The second kappa shape index (κ2) is 4.46. The smallest absolute Gasteiger partial charge is 0.201 e. The number of nitrogens with two attached hydrogens (primary N) is 1. The van der Waals surface area contributed by atoms with E-state index in [0.717, 1.165) is 24.0 Å². The first-order valence-electron chi connectivity index (χ1n) is 5.97. The molecule has 0 unspecified atom stereocenters. The summed E-state index contributed by atoms with van der Waals surface area (Å²) in [5.41, 5.74) is 10.7. The van der Waals surface area contributed by atoms with Crippen LogP contribution in [0.15, 0.2) is 35.0 Å². The number of aromatic nitrogens is 2. The van der Waals surface area contributed by atoms with Gasteiger partial charge in [0.15, 0.2) is 0 Å². The lowest BCUT2D eigenvalue weighted by molar-refractivity contribution is 0.727. The molecule has 92 valence electrons. The van der Waals surface area contributed by atoms with Crippen LogP contribution in [-0.4, -0.2) is 9.55 Å². The summed E-state index contributed by atoms with van der Waals surface area (Å²) in [6.07, 6.45) is 0.993. The Balaban J connectivity index is 1.95. The van der Waals surface area contributed by atoms with E-state index in [-0.39, 0.29) is 0 Å². The third-order valence-corrected chi connectivity index (χ3v) is 3.87. The van der Waals surface area contributed by atoms with Crippen molar-refractivity contribution in [3.63, 3.8) is 0 Å². The van der Waals surface area contributed by atoms with Gasteiger partial charge in [0, 0.05) is 6.54 Å². The fraction of sp³-hybridized carbons (Fsp3) is 0.214. The standard InChI is InChI=1S/C14H15N3S/c1-10-2-3-12-13(8-10)17(14(15)16-12)6-4-11-5-7-18-9-11/h2-3,5,7-9H,4,6H2,1H3,(H2,15,16). The van der Waals surface area contributed by atoms with Gasteiger partial charge in [-0.15, -0.1) is 0 Å². The molecule has 2 heterocycles. The lowest BCUT2D eigenvalue weighted by atomic mass is 10.2. The molecule has 0 radical (unpaired) electrons. The molecular formula is C14H15N3S. The van der Waals surface area contributed by atoms with Crippen LogP contribution in [0.4, 0.5) is 5.95 Å². The summed E-state index contributed by atoms with van der Waals surface area (Å²) >= 11 is 1.73. The molecule has 0 aliphatic rings. The van der Waals surface area contributed by atoms with Gasteiger partial charge in [-0.1, -0.05) is 6.07 Å². The number of nitrogen functional groups attached to an aromatic ring is 1. The summed E-state index contributed by atoms with van der Waals surface area (Å²) in [5, 5.41) is 4.29. The van der Waals surface area contributed by atoms with Gasteiger partial charge in [-0.2, -0.15) is 11.3 Å². The van der Waals surface area contributed by atoms with Crippen molar-refractivity contribution in [3.8, 4) is 0 Å². The summed E-state index contributed by atoms with van der Waals surface area (Å²) in [6, 6.07) is 8.40. The minimum absolute atomic E-state index is 0.603. The van der Waals surface area contributed by atoms with Crippen molar-refractivity contribution < 1.29 is 0 Å². The number of benzene rings is 1. The van der Waals surface area contributed by atoms with E-state index >= 15 is 0 Å². The Bertz CT molecular complexity index is 668. The fourth-order valence-corrected chi connectivity index (χ4v) is 2.87. The average molecular weight is 257 g/mol. The van der Waals surface area contributed by atoms with Crippen LogP contribution in [0.5, 0.6) is 0 Å². The third-order valence-electron chi connectivity index (χ3n) is 3.14. The number of fused-ring (bicyclic) bond motifs is 1. The first kappa shape index (κ1) is 11.3. The Morgan fingerprint density at radius 2 is 2.22 bits per heavy atom. The van der Waals surface area contributed by atoms with Gasteiger partial charge in [0.05, 0.1) is 11.0 Å². The number of aryl methyl sites for hydroxylation is 3. The van der Waals surface area contributed by atoms with E-state index in [1.807, 2.05) is 6.07 Å². The molecule has 0 aliphatic heterocycles. The van der Waals surface area contributed by atoms with Crippen LogP contribution in [0.25, 0.3) is 11.0 Å². The van der Waals surface area contributed by atoms with E-state index in [1.54, 1.807) is 11.3 Å². The first-order valence-corrected chi connectivity index (χ1v) is 6.92. The van der Waals surface area contributed by atoms with Crippen molar-refractivity contribution in [3.05, 3.63) is 46.2 Å². The van der Waals surface area contributed by atoms with Crippen molar-refractivity contribution in [2.45, 2.75) is 19.9 Å². The zero-order valence-electron chi connectivity index (χ0n) is 10.3. The molecular weight excluding hydrogens is 242 g/mol. The highest BCUT2D eigenvalue weighted by Gasteiger charge is 2.08. The molecule has 2 aromatic heterocycles. The Kier molecular flexibility index (Phi) is 2.80. The van der Waals surface area contributed by atoms with Crippen molar-refractivity contribution >= 4 is 28.3 Å². The van der Waals surface area contributed by atoms with E-state index in [9.17, 15) is 0 Å². The molecule has 18 heavy (non-hydrogen) atoms. The summed E-state index contributed by atoms with van der Waals surface area (Å²) in [5.74, 6) is 0.603. The van der Waals surface area contributed by atoms with Crippen molar-refractivity contribution in [1.82, 2.24) is 9.55 Å². The van der Waals surface area contributed by atoms with E-state index in [0.29, 0.717) is 5.95 Å². The second-order valence-electron chi connectivity index (χ2n) is 4.50. The van der Waals surface area contributed by atoms with Crippen LogP contribution in [0, 0.1) is 6.92 Å². The average Bonchev–Trinajstić information content (AvgIpc) is 2.94. The molecule has 2 N–H and O–H groups in total. The normalized spacial score (nSPS) is 11.2. The Hall–Kier alpha value is -1.81. The summed E-state index contributed by atoms with van der Waals surface area (Å²) in [4.78, 5) is 4.40. The van der Waals surface area contributed by atoms with Gasteiger partial charge in [-0.25, -0.2) is 4.98 Å². The van der Waals surface area contributed by atoms with Gasteiger partial charge < -0.3 is 10.3 Å². The molecule has 0 saturated heterocycles. The Labute approximate surface area is 110 Å². The van der Waals surface area contributed by atoms with E-state index < -0.39 is 0 Å². The van der Waals surface area contributed by atoms with Crippen LogP contribution < -0.4 is 5.73 Å². The molecule has 0 spiro atoms. The predicted molar refractivity (Wildman–Crippen MR) is 76.9 cm³/mol. The zero-order chi connectivity index (χ0) is 12.5. The molecule has 0 aliphatic carbocycles. The topological polar surface area (TPSA) is 43.8 Å². The highest BCUT2D eigenvalue weighted by Crippen LogP contribution is 2.20. The zero-order valence-corrected chi connectivity index (χ0v) is 11.1. The van der Waals surface area contributed by atoms with Crippen LogP contribution in [0.3, 0.4) is 0 Å². The number of rotatable bonds is 3. The van der Waals surface area contributed by atoms with E-state index in [2.05, 4.69) is 45.4 Å². The van der Waals surface area contributed by atoms with Crippen LogP contribution >= 0.6 is 11.3 Å². The molecule has 0 saturated carbocycles. The molecule has 1 aromatic carbocycles. The first-order chi connectivity index (χ1) is 8.74. The third kappa shape index (κ3) is 1.99. The van der Waals surface area contributed by atoms with Gasteiger partial charge >= 0.3 is 0 Å². The molecule has 0 fully saturated rings. The quantitative estimate of drug-likeness (QED) is 0.783. The van der Waals surface area contributed by atoms with E-state index in [1.165, 1.54) is 11.1 Å². The lowest BCUT2D eigenvalue weighted by Gasteiger charge is -2.05. The van der Waals surface area contributed by atoms with Gasteiger partial charge in [0.2, 0.25) is 5.95 Å². The molecule has 0 bridgehead atoms. The molecule has 0 atom stereocenters. The monoisotopic (exact) mass is 257 g/mol. The van der Waals surface area contributed by atoms with Crippen LogP contribution in [-0.2, 0) is 13.0 Å². The van der Waals surface area contributed by atoms with Gasteiger partial charge in [-0.05, 0) is 53.4 Å². The lowest BCUT2D eigenvalue weighted by Crippen LogP contribution is -2.05. The Morgan fingerprint density at radius 3 is 3.00 bits per heavy atom. The molecule has 3 aromatic rings. The van der Waals surface area contributed by atoms with Crippen molar-refractivity contribution in [2.24, 2.45) is 0 Å². The number of nitrogens with zero attached hydrogens (tertiary/aromatic N) is 2.